The first kappa shape index (κ1) is 14.2. The lowest BCUT2D eigenvalue weighted by Crippen LogP contribution is -2.22. The minimum absolute atomic E-state index is 0.133. The largest absolute Gasteiger partial charge is 0.448 e. The molecule has 3 rings (SSSR count). The van der Waals surface area contributed by atoms with Crippen LogP contribution in [0.15, 0.2) is 59.0 Å². The van der Waals surface area contributed by atoms with E-state index in [-0.39, 0.29) is 6.04 Å². The minimum Gasteiger partial charge on any atom is -0.448 e. The van der Waals surface area contributed by atoms with E-state index in [2.05, 4.69) is 54.7 Å². The smallest absolute Gasteiger partial charge is 0.193 e. The molecule has 1 heterocycles. The molecule has 0 aliphatic rings. The first-order valence-electron chi connectivity index (χ1n) is 7.23. The van der Waals surface area contributed by atoms with Gasteiger partial charge in [-0.05, 0) is 53.0 Å². The molecule has 0 radical (unpaired) electrons. The number of hydrogen-bond donors (Lipinski definition) is 1. The van der Waals surface area contributed by atoms with Crippen molar-refractivity contribution in [2.45, 2.75) is 19.4 Å². The Bertz CT molecular complexity index is 729. The minimum atomic E-state index is 0.133. The second-order valence-electron chi connectivity index (χ2n) is 5.09. The first-order chi connectivity index (χ1) is 10.3. The summed E-state index contributed by atoms with van der Waals surface area (Å²) >= 11 is 5.91. The van der Waals surface area contributed by atoms with E-state index in [4.69, 9.17) is 16.0 Å². The maximum Gasteiger partial charge on any atom is 0.193 e. The van der Waals surface area contributed by atoms with Crippen LogP contribution in [0.2, 0.25) is 5.22 Å². The topological polar surface area (TPSA) is 25.2 Å². The van der Waals surface area contributed by atoms with Gasteiger partial charge in [-0.3, -0.25) is 0 Å². The van der Waals surface area contributed by atoms with Crippen LogP contribution in [0.25, 0.3) is 10.8 Å². The fourth-order valence-corrected chi connectivity index (χ4v) is 2.88. The van der Waals surface area contributed by atoms with Crippen LogP contribution < -0.4 is 5.32 Å². The third kappa shape index (κ3) is 3.12. The molecule has 0 saturated carbocycles. The number of furan rings is 1. The van der Waals surface area contributed by atoms with Crippen LogP contribution in [0.1, 0.15) is 24.3 Å². The SMILES string of the molecule is CCNC(Cc1cccc2ccccc12)c1ccc(Cl)o1. The van der Waals surface area contributed by atoms with Crippen LogP contribution in [0.3, 0.4) is 0 Å². The third-order valence-corrected chi connectivity index (χ3v) is 3.90. The van der Waals surface area contributed by atoms with Gasteiger partial charge in [0, 0.05) is 0 Å². The molecule has 108 valence electrons. The van der Waals surface area contributed by atoms with Gasteiger partial charge in [-0.2, -0.15) is 0 Å². The summed E-state index contributed by atoms with van der Waals surface area (Å²) < 4.78 is 5.59. The molecular formula is C18H18ClNO. The highest BCUT2D eigenvalue weighted by Gasteiger charge is 2.16. The van der Waals surface area contributed by atoms with E-state index in [1.165, 1.54) is 16.3 Å². The fourth-order valence-electron chi connectivity index (χ4n) is 2.73. The molecule has 0 fully saturated rings. The molecule has 21 heavy (non-hydrogen) atoms. The van der Waals surface area contributed by atoms with E-state index >= 15 is 0 Å². The van der Waals surface area contributed by atoms with Gasteiger partial charge in [-0.1, -0.05) is 49.4 Å². The van der Waals surface area contributed by atoms with Gasteiger partial charge >= 0.3 is 0 Å². The Morgan fingerprint density at radius 1 is 1.05 bits per heavy atom. The van der Waals surface area contributed by atoms with Crippen molar-refractivity contribution >= 4 is 22.4 Å². The van der Waals surface area contributed by atoms with Crippen molar-refractivity contribution in [3.8, 4) is 0 Å². The van der Waals surface area contributed by atoms with Gasteiger partial charge in [0.05, 0.1) is 6.04 Å². The normalized spacial score (nSPS) is 12.7. The summed E-state index contributed by atoms with van der Waals surface area (Å²) in [5.41, 5.74) is 1.31. The number of benzene rings is 2. The molecule has 0 spiro atoms. The molecule has 1 unspecified atom stereocenters. The highest BCUT2D eigenvalue weighted by Crippen LogP contribution is 2.26. The lowest BCUT2D eigenvalue weighted by molar-refractivity contribution is 0.418. The van der Waals surface area contributed by atoms with Crippen molar-refractivity contribution in [2.75, 3.05) is 6.54 Å². The van der Waals surface area contributed by atoms with Crippen LogP contribution in [-0.2, 0) is 6.42 Å². The van der Waals surface area contributed by atoms with E-state index in [1.807, 2.05) is 6.07 Å². The summed E-state index contributed by atoms with van der Waals surface area (Å²) in [5.74, 6) is 0.884. The lowest BCUT2D eigenvalue weighted by atomic mass is 9.98. The van der Waals surface area contributed by atoms with Gasteiger partial charge in [0.15, 0.2) is 5.22 Å². The highest BCUT2D eigenvalue weighted by molar-refractivity contribution is 6.28. The number of halogens is 1. The number of likely N-dealkylation sites (N-methyl/N-ethyl adjacent to an activating group) is 1. The molecule has 0 saturated heterocycles. The predicted octanol–water partition coefficient (Wildman–Crippen LogP) is 4.98. The van der Waals surface area contributed by atoms with Crippen LogP contribution in [0, 0.1) is 0 Å². The van der Waals surface area contributed by atoms with Crippen molar-refractivity contribution in [3.05, 3.63) is 71.1 Å². The standard InChI is InChI=1S/C18H18ClNO/c1-2-20-16(17-10-11-18(19)21-17)12-14-8-5-7-13-6-3-4-9-15(13)14/h3-11,16,20H,2,12H2,1H3. The van der Waals surface area contributed by atoms with Crippen molar-refractivity contribution in [1.82, 2.24) is 5.32 Å². The first-order valence-corrected chi connectivity index (χ1v) is 7.61. The summed E-state index contributed by atoms with van der Waals surface area (Å²) in [6.45, 7) is 2.98. The van der Waals surface area contributed by atoms with Gasteiger partial charge in [0.2, 0.25) is 0 Å². The molecule has 0 aliphatic heterocycles. The monoisotopic (exact) mass is 299 g/mol. The number of hydrogen-bond acceptors (Lipinski definition) is 2. The van der Waals surface area contributed by atoms with Crippen molar-refractivity contribution < 1.29 is 4.42 Å². The molecule has 3 aromatic rings. The number of fused-ring (bicyclic) bond motifs is 1. The third-order valence-electron chi connectivity index (χ3n) is 3.69. The van der Waals surface area contributed by atoms with Crippen LogP contribution in [0.5, 0.6) is 0 Å². The van der Waals surface area contributed by atoms with Crippen molar-refractivity contribution in [3.63, 3.8) is 0 Å². The van der Waals surface area contributed by atoms with Crippen molar-refractivity contribution in [1.29, 1.82) is 0 Å². The molecule has 1 atom stereocenters. The van der Waals surface area contributed by atoms with Crippen molar-refractivity contribution in [2.24, 2.45) is 0 Å². The number of rotatable bonds is 5. The molecule has 2 nitrogen and oxygen atoms in total. The zero-order chi connectivity index (χ0) is 14.7. The highest BCUT2D eigenvalue weighted by atomic mass is 35.5. The summed E-state index contributed by atoms with van der Waals surface area (Å²) in [6, 6.07) is 18.8. The van der Waals surface area contributed by atoms with Crippen LogP contribution >= 0.6 is 11.6 Å². The summed E-state index contributed by atoms with van der Waals surface area (Å²) in [4.78, 5) is 0. The predicted molar refractivity (Wildman–Crippen MR) is 87.8 cm³/mol. The summed E-state index contributed by atoms with van der Waals surface area (Å²) in [5, 5.41) is 6.47. The molecule has 0 amide bonds. The maximum atomic E-state index is 5.91. The van der Waals surface area contributed by atoms with E-state index < -0.39 is 0 Å². The average molecular weight is 300 g/mol. The van der Waals surface area contributed by atoms with E-state index in [9.17, 15) is 0 Å². The van der Waals surface area contributed by atoms with E-state index in [1.54, 1.807) is 6.07 Å². The molecule has 2 aromatic carbocycles. The molecule has 0 bridgehead atoms. The van der Waals surface area contributed by atoms with Gasteiger partial charge in [0.1, 0.15) is 5.76 Å². The Morgan fingerprint density at radius 3 is 2.62 bits per heavy atom. The lowest BCUT2D eigenvalue weighted by Gasteiger charge is -2.17. The fraction of sp³-hybridized carbons (Fsp3) is 0.222. The zero-order valence-corrected chi connectivity index (χ0v) is 12.7. The second kappa shape index (κ2) is 6.33. The molecular weight excluding hydrogens is 282 g/mol. The Morgan fingerprint density at radius 2 is 1.86 bits per heavy atom. The van der Waals surface area contributed by atoms with E-state index in [0.29, 0.717) is 5.22 Å². The Hall–Kier alpha value is -1.77. The van der Waals surface area contributed by atoms with Crippen LogP contribution in [0.4, 0.5) is 0 Å². The molecule has 1 aromatic heterocycles. The number of nitrogens with one attached hydrogen (secondary N) is 1. The van der Waals surface area contributed by atoms with E-state index in [0.717, 1.165) is 18.7 Å². The van der Waals surface area contributed by atoms with Crippen LogP contribution in [-0.4, -0.2) is 6.54 Å². The molecule has 1 N–H and O–H groups in total. The maximum absolute atomic E-state index is 5.91. The van der Waals surface area contributed by atoms with Gasteiger partial charge in [-0.15, -0.1) is 0 Å². The summed E-state index contributed by atoms with van der Waals surface area (Å²) in [7, 11) is 0. The average Bonchev–Trinajstić information content (AvgIpc) is 2.94. The Balaban J connectivity index is 1.94. The summed E-state index contributed by atoms with van der Waals surface area (Å²) in [6.07, 6.45) is 0.874. The zero-order valence-electron chi connectivity index (χ0n) is 12.0. The van der Waals surface area contributed by atoms with Gasteiger partial charge in [-0.25, -0.2) is 0 Å². The molecule has 3 heteroatoms. The van der Waals surface area contributed by atoms with Gasteiger partial charge < -0.3 is 9.73 Å². The molecule has 0 aliphatic carbocycles. The van der Waals surface area contributed by atoms with Gasteiger partial charge in [0.25, 0.3) is 0 Å². The Kier molecular flexibility index (Phi) is 4.28. The quantitative estimate of drug-likeness (QED) is 0.719. The Labute approximate surface area is 129 Å². The second-order valence-corrected chi connectivity index (χ2v) is 5.47.